The number of ether oxygens (including phenoxy) is 1. The summed E-state index contributed by atoms with van der Waals surface area (Å²) in [7, 11) is 0. The Morgan fingerprint density at radius 1 is 1.20 bits per heavy atom. The van der Waals surface area contributed by atoms with Gasteiger partial charge in [0.05, 0.1) is 12.6 Å². The van der Waals surface area contributed by atoms with Gasteiger partial charge in [-0.2, -0.15) is 0 Å². The topological polar surface area (TPSA) is 47.3 Å². The Balaban J connectivity index is 2.24. The number of nitrogens with one attached hydrogen (secondary N) is 1. The van der Waals surface area contributed by atoms with Gasteiger partial charge in [-0.25, -0.2) is 0 Å². The molecule has 0 saturated heterocycles. The number of nitrogens with two attached hydrogens (primary N) is 1. The van der Waals surface area contributed by atoms with Crippen molar-refractivity contribution in [3.63, 3.8) is 0 Å². The Labute approximate surface area is 128 Å². The van der Waals surface area contributed by atoms with E-state index in [-0.39, 0.29) is 6.04 Å². The van der Waals surface area contributed by atoms with E-state index < -0.39 is 0 Å². The molecule has 4 heteroatoms. The fourth-order valence-corrected chi connectivity index (χ4v) is 2.66. The summed E-state index contributed by atoms with van der Waals surface area (Å²) in [5.74, 6) is 6.62. The number of benzene rings is 2. The van der Waals surface area contributed by atoms with Crippen LogP contribution >= 0.6 is 15.9 Å². The lowest BCUT2D eigenvalue weighted by molar-refractivity contribution is 0.331. The van der Waals surface area contributed by atoms with Gasteiger partial charge in [-0.05, 0) is 37.1 Å². The summed E-state index contributed by atoms with van der Waals surface area (Å²) in [5.41, 5.74) is 5.19. The van der Waals surface area contributed by atoms with Gasteiger partial charge in [0.15, 0.2) is 0 Å². The monoisotopic (exact) mass is 334 g/mol. The molecule has 0 saturated carbocycles. The molecular formula is C16H19BrN2O. The highest BCUT2D eigenvalue weighted by Gasteiger charge is 2.15. The summed E-state index contributed by atoms with van der Waals surface area (Å²) >= 11 is 3.49. The first-order chi connectivity index (χ1) is 9.74. The average molecular weight is 335 g/mol. The molecule has 106 valence electrons. The zero-order valence-electron chi connectivity index (χ0n) is 11.5. The first-order valence-corrected chi connectivity index (χ1v) is 7.46. The predicted molar refractivity (Wildman–Crippen MR) is 85.5 cm³/mol. The van der Waals surface area contributed by atoms with Crippen LogP contribution in [-0.4, -0.2) is 6.61 Å². The molecule has 0 aliphatic carbocycles. The number of hydrogen-bond donors (Lipinski definition) is 2. The van der Waals surface area contributed by atoms with Crippen molar-refractivity contribution in [3.8, 4) is 5.75 Å². The Hall–Kier alpha value is -1.36. The molecule has 20 heavy (non-hydrogen) atoms. The smallest absolute Gasteiger partial charge is 0.124 e. The van der Waals surface area contributed by atoms with E-state index in [4.69, 9.17) is 10.6 Å². The van der Waals surface area contributed by atoms with E-state index in [1.54, 1.807) is 0 Å². The van der Waals surface area contributed by atoms with Crippen LogP contribution in [-0.2, 0) is 6.42 Å². The minimum Gasteiger partial charge on any atom is -0.494 e. The standard InChI is InChI=1S/C16H19BrN2O/c1-2-20-16-9-4-3-8-14(16)15(19-18)11-12-6-5-7-13(17)10-12/h3-10,15,19H,2,11,18H2,1H3. The van der Waals surface area contributed by atoms with Crippen LogP contribution in [0, 0.1) is 0 Å². The number of para-hydroxylation sites is 1. The molecule has 3 N–H and O–H groups in total. The van der Waals surface area contributed by atoms with Crippen molar-refractivity contribution < 1.29 is 4.74 Å². The van der Waals surface area contributed by atoms with E-state index in [0.717, 1.165) is 22.2 Å². The predicted octanol–water partition coefficient (Wildman–Crippen LogP) is 3.59. The van der Waals surface area contributed by atoms with Gasteiger partial charge < -0.3 is 4.74 Å². The van der Waals surface area contributed by atoms with Crippen LogP contribution in [0.1, 0.15) is 24.1 Å². The van der Waals surface area contributed by atoms with Crippen LogP contribution in [0.3, 0.4) is 0 Å². The summed E-state index contributed by atoms with van der Waals surface area (Å²) in [6.45, 7) is 2.63. The normalized spacial score (nSPS) is 12.2. The second kappa shape index (κ2) is 7.43. The Bertz CT molecular complexity index is 560. The summed E-state index contributed by atoms with van der Waals surface area (Å²) in [6.07, 6.45) is 0.806. The fourth-order valence-electron chi connectivity index (χ4n) is 2.21. The Morgan fingerprint density at radius 2 is 2.00 bits per heavy atom. The third-order valence-corrected chi connectivity index (χ3v) is 3.62. The minimum absolute atomic E-state index is 0.0204. The van der Waals surface area contributed by atoms with E-state index in [1.165, 1.54) is 5.56 Å². The van der Waals surface area contributed by atoms with Gasteiger partial charge in [-0.3, -0.25) is 11.3 Å². The van der Waals surface area contributed by atoms with Crippen LogP contribution in [0.2, 0.25) is 0 Å². The number of hydrogen-bond acceptors (Lipinski definition) is 3. The van der Waals surface area contributed by atoms with Gasteiger partial charge in [0, 0.05) is 10.0 Å². The molecule has 0 spiro atoms. The molecule has 1 unspecified atom stereocenters. The molecule has 3 nitrogen and oxygen atoms in total. The summed E-state index contributed by atoms with van der Waals surface area (Å²) in [4.78, 5) is 0. The Morgan fingerprint density at radius 3 is 2.70 bits per heavy atom. The van der Waals surface area contributed by atoms with Gasteiger partial charge in [-0.1, -0.05) is 46.3 Å². The second-order valence-corrected chi connectivity index (χ2v) is 5.44. The maximum Gasteiger partial charge on any atom is 0.124 e. The second-order valence-electron chi connectivity index (χ2n) is 4.52. The van der Waals surface area contributed by atoms with Gasteiger partial charge in [0.2, 0.25) is 0 Å². The van der Waals surface area contributed by atoms with Gasteiger partial charge in [0.25, 0.3) is 0 Å². The lowest BCUT2D eigenvalue weighted by Gasteiger charge is -2.20. The lowest BCUT2D eigenvalue weighted by Crippen LogP contribution is -2.30. The first-order valence-electron chi connectivity index (χ1n) is 6.67. The number of hydrazine groups is 1. The van der Waals surface area contributed by atoms with Gasteiger partial charge in [-0.15, -0.1) is 0 Å². The molecule has 0 aromatic heterocycles. The number of rotatable bonds is 6. The highest BCUT2D eigenvalue weighted by atomic mass is 79.9. The highest BCUT2D eigenvalue weighted by Crippen LogP contribution is 2.27. The van der Waals surface area contributed by atoms with Crippen LogP contribution in [0.25, 0.3) is 0 Å². The average Bonchev–Trinajstić information content (AvgIpc) is 2.46. The van der Waals surface area contributed by atoms with Crippen LogP contribution in [0.15, 0.2) is 53.0 Å². The van der Waals surface area contributed by atoms with Crippen molar-refractivity contribution in [3.05, 3.63) is 64.1 Å². The van der Waals surface area contributed by atoms with E-state index in [9.17, 15) is 0 Å². The molecule has 0 heterocycles. The van der Waals surface area contributed by atoms with E-state index in [1.807, 2.05) is 43.3 Å². The molecule has 0 fully saturated rings. The minimum atomic E-state index is 0.0204. The molecule has 0 amide bonds. The summed E-state index contributed by atoms with van der Waals surface area (Å²) in [6, 6.07) is 16.3. The zero-order chi connectivity index (χ0) is 14.4. The van der Waals surface area contributed by atoms with Crippen molar-refractivity contribution >= 4 is 15.9 Å². The molecule has 2 aromatic carbocycles. The maximum absolute atomic E-state index is 5.74. The van der Waals surface area contributed by atoms with Gasteiger partial charge in [0.1, 0.15) is 5.75 Å². The lowest BCUT2D eigenvalue weighted by atomic mass is 9.98. The van der Waals surface area contributed by atoms with Crippen LogP contribution < -0.4 is 16.0 Å². The first kappa shape index (κ1) is 15.0. The molecule has 2 rings (SSSR count). The Kier molecular flexibility index (Phi) is 5.59. The number of halogens is 1. The van der Waals surface area contributed by atoms with Crippen LogP contribution in [0.4, 0.5) is 0 Å². The molecule has 0 radical (unpaired) electrons. The molecule has 0 bridgehead atoms. The van der Waals surface area contributed by atoms with Crippen molar-refractivity contribution in [2.45, 2.75) is 19.4 Å². The highest BCUT2D eigenvalue weighted by molar-refractivity contribution is 9.10. The maximum atomic E-state index is 5.74. The third-order valence-electron chi connectivity index (χ3n) is 3.12. The van der Waals surface area contributed by atoms with Crippen molar-refractivity contribution in [1.29, 1.82) is 0 Å². The van der Waals surface area contributed by atoms with E-state index in [2.05, 4.69) is 33.5 Å². The summed E-state index contributed by atoms with van der Waals surface area (Å²) < 4.78 is 6.75. The largest absolute Gasteiger partial charge is 0.494 e. The van der Waals surface area contributed by atoms with Crippen molar-refractivity contribution in [2.24, 2.45) is 5.84 Å². The van der Waals surface area contributed by atoms with Gasteiger partial charge >= 0.3 is 0 Å². The van der Waals surface area contributed by atoms with Crippen LogP contribution in [0.5, 0.6) is 5.75 Å². The zero-order valence-corrected chi connectivity index (χ0v) is 13.1. The third kappa shape index (κ3) is 3.82. The van der Waals surface area contributed by atoms with E-state index >= 15 is 0 Å². The fraction of sp³-hybridized carbons (Fsp3) is 0.250. The quantitative estimate of drug-likeness (QED) is 0.626. The molecule has 2 aromatic rings. The van der Waals surface area contributed by atoms with Crippen molar-refractivity contribution in [1.82, 2.24) is 5.43 Å². The molecule has 0 aliphatic rings. The van der Waals surface area contributed by atoms with E-state index in [0.29, 0.717) is 6.61 Å². The molecule has 0 aliphatic heterocycles. The molecular weight excluding hydrogens is 316 g/mol. The molecule has 1 atom stereocenters. The summed E-state index contributed by atoms with van der Waals surface area (Å²) in [5, 5.41) is 0. The van der Waals surface area contributed by atoms with Crippen molar-refractivity contribution in [2.75, 3.05) is 6.61 Å². The SMILES string of the molecule is CCOc1ccccc1C(Cc1cccc(Br)c1)NN.